The zero-order valence-electron chi connectivity index (χ0n) is 10.2. The van der Waals surface area contributed by atoms with E-state index in [1.54, 1.807) is 0 Å². The summed E-state index contributed by atoms with van der Waals surface area (Å²) >= 11 is 0. The molecule has 0 radical (unpaired) electrons. The SMILES string of the molecule is O=C(Oc1cccc(C(F)(F)F)c1)C1CCCNC1. The topological polar surface area (TPSA) is 38.3 Å². The fourth-order valence-corrected chi connectivity index (χ4v) is 1.99. The number of ether oxygens (including phenoxy) is 1. The summed E-state index contributed by atoms with van der Waals surface area (Å²) in [6.07, 6.45) is -2.87. The summed E-state index contributed by atoms with van der Waals surface area (Å²) in [5.74, 6) is -0.833. The Hall–Kier alpha value is -1.56. The van der Waals surface area contributed by atoms with Crippen molar-refractivity contribution in [3.63, 3.8) is 0 Å². The van der Waals surface area contributed by atoms with Gasteiger partial charge in [-0.2, -0.15) is 13.2 Å². The maximum absolute atomic E-state index is 12.5. The molecule has 104 valence electrons. The van der Waals surface area contributed by atoms with Crippen LogP contribution in [0.5, 0.6) is 5.75 Å². The predicted octanol–water partition coefficient (Wildman–Crippen LogP) is 2.61. The molecule has 1 aliphatic rings. The predicted molar refractivity (Wildman–Crippen MR) is 62.7 cm³/mol. The molecule has 0 amide bonds. The Morgan fingerprint density at radius 1 is 1.37 bits per heavy atom. The van der Waals surface area contributed by atoms with Gasteiger partial charge in [-0.15, -0.1) is 0 Å². The molecule has 0 aliphatic carbocycles. The van der Waals surface area contributed by atoms with Crippen LogP contribution in [0.3, 0.4) is 0 Å². The highest BCUT2D eigenvalue weighted by molar-refractivity contribution is 5.75. The van der Waals surface area contributed by atoms with Crippen LogP contribution < -0.4 is 10.1 Å². The Kier molecular flexibility index (Phi) is 4.09. The summed E-state index contributed by atoms with van der Waals surface area (Å²) < 4.78 is 42.5. The van der Waals surface area contributed by atoms with Gasteiger partial charge in [0.15, 0.2) is 0 Å². The molecule has 1 atom stereocenters. The average Bonchev–Trinajstić information content (AvgIpc) is 2.39. The lowest BCUT2D eigenvalue weighted by atomic mass is 10.0. The molecular weight excluding hydrogens is 259 g/mol. The van der Waals surface area contributed by atoms with Crippen molar-refractivity contribution >= 4 is 5.97 Å². The van der Waals surface area contributed by atoms with Gasteiger partial charge in [-0.25, -0.2) is 0 Å². The third kappa shape index (κ3) is 3.70. The minimum absolute atomic E-state index is 0.0644. The molecule has 1 aromatic carbocycles. The van der Waals surface area contributed by atoms with Crippen molar-refractivity contribution in [1.82, 2.24) is 5.32 Å². The molecule has 0 bridgehead atoms. The lowest BCUT2D eigenvalue weighted by Gasteiger charge is -2.21. The Morgan fingerprint density at radius 2 is 2.16 bits per heavy atom. The number of hydrogen-bond donors (Lipinski definition) is 1. The standard InChI is InChI=1S/C13H14F3NO2/c14-13(15,16)10-4-1-5-11(7-10)19-12(18)9-3-2-6-17-8-9/h1,4-5,7,9,17H,2-3,6,8H2. The number of halogens is 3. The van der Waals surface area contributed by atoms with E-state index >= 15 is 0 Å². The Balaban J connectivity index is 2.04. The summed E-state index contributed by atoms with van der Waals surface area (Å²) in [5, 5.41) is 3.06. The average molecular weight is 273 g/mol. The molecule has 1 heterocycles. The first-order valence-electron chi connectivity index (χ1n) is 6.06. The second kappa shape index (κ2) is 5.61. The number of alkyl halides is 3. The van der Waals surface area contributed by atoms with Crippen molar-refractivity contribution in [2.45, 2.75) is 19.0 Å². The monoisotopic (exact) mass is 273 g/mol. The normalized spacial score (nSPS) is 20.1. The molecular formula is C13H14F3NO2. The number of benzene rings is 1. The molecule has 1 unspecified atom stereocenters. The summed E-state index contributed by atoms with van der Waals surface area (Å²) in [6.45, 7) is 1.37. The van der Waals surface area contributed by atoms with Crippen LogP contribution in [0.15, 0.2) is 24.3 Å². The van der Waals surface area contributed by atoms with Crippen molar-refractivity contribution in [3.05, 3.63) is 29.8 Å². The molecule has 6 heteroatoms. The molecule has 19 heavy (non-hydrogen) atoms. The molecule has 1 aromatic rings. The molecule has 0 aromatic heterocycles. The highest BCUT2D eigenvalue weighted by atomic mass is 19.4. The van der Waals surface area contributed by atoms with Gasteiger partial charge < -0.3 is 10.1 Å². The van der Waals surface area contributed by atoms with E-state index in [2.05, 4.69) is 5.32 Å². The van der Waals surface area contributed by atoms with Crippen LogP contribution in [0.1, 0.15) is 18.4 Å². The minimum Gasteiger partial charge on any atom is -0.426 e. The smallest absolute Gasteiger partial charge is 0.416 e. The van der Waals surface area contributed by atoms with Gasteiger partial charge in [0.05, 0.1) is 11.5 Å². The number of piperidine rings is 1. The number of rotatable bonds is 2. The molecule has 0 saturated carbocycles. The van der Waals surface area contributed by atoms with Crippen molar-refractivity contribution < 1.29 is 22.7 Å². The highest BCUT2D eigenvalue weighted by Gasteiger charge is 2.31. The Bertz CT molecular complexity index is 453. The summed E-state index contributed by atoms with van der Waals surface area (Å²) in [4.78, 5) is 11.8. The third-order valence-corrected chi connectivity index (χ3v) is 3.01. The van der Waals surface area contributed by atoms with Gasteiger partial charge in [-0.05, 0) is 37.6 Å². The second-order valence-electron chi connectivity index (χ2n) is 4.49. The number of carbonyl (C=O) groups excluding carboxylic acids is 1. The molecule has 1 aliphatic heterocycles. The van der Waals surface area contributed by atoms with Crippen LogP contribution in [0.2, 0.25) is 0 Å². The van der Waals surface area contributed by atoms with E-state index < -0.39 is 17.7 Å². The van der Waals surface area contributed by atoms with E-state index in [-0.39, 0.29) is 11.7 Å². The third-order valence-electron chi connectivity index (χ3n) is 3.01. The van der Waals surface area contributed by atoms with Gasteiger partial charge in [-0.3, -0.25) is 4.79 Å². The molecule has 2 rings (SSSR count). The second-order valence-corrected chi connectivity index (χ2v) is 4.49. The van der Waals surface area contributed by atoms with Crippen LogP contribution in [0, 0.1) is 5.92 Å². The first-order valence-corrected chi connectivity index (χ1v) is 6.06. The lowest BCUT2D eigenvalue weighted by molar-refractivity contribution is -0.141. The summed E-state index contributed by atoms with van der Waals surface area (Å²) in [7, 11) is 0. The lowest BCUT2D eigenvalue weighted by Crippen LogP contribution is -2.36. The van der Waals surface area contributed by atoms with E-state index in [0.717, 1.165) is 25.1 Å². The number of nitrogens with one attached hydrogen (secondary N) is 1. The quantitative estimate of drug-likeness (QED) is 0.665. The van der Waals surface area contributed by atoms with E-state index in [1.165, 1.54) is 12.1 Å². The largest absolute Gasteiger partial charge is 0.426 e. The Labute approximate surface area is 108 Å². The minimum atomic E-state index is -4.44. The van der Waals surface area contributed by atoms with Crippen LogP contribution in [0.25, 0.3) is 0 Å². The van der Waals surface area contributed by atoms with Crippen molar-refractivity contribution in [2.24, 2.45) is 5.92 Å². The summed E-state index contributed by atoms with van der Waals surface area (Å²) in [5.41, 5.74) is -0.820. The van der Waals surface area contributed by atoms with Crippen LogP contribution >= 0.6 is 0 Å². The van der Waals surface area contributed by atoms with Gasteiger partial charge in [-0.1, -0.05) is 6.07 Å². The van der Waals surface area contributed by atoms with E-state index in [0.29, 0.717) is 13.0 Å². The first-order chi connectivity index (χ1) is 8.97. The first kappa shape index (κ1) is 13.9. The summed E-state index contributed by atoms with van der Waals surface area (Å²) in [6, 6.07) is 4.36. The Morgan fingerprint density at radius 3 is 2.79 bits per heavy atom. The van der Waals surface area contributed by atoms with Crippen LogP contribution in [-0.2, 0) is 11.0 Å². The van der Waals surface area contributed by atoms with Gasteiger partial charge in [0, 0.05) is 6.54 Å². The van der Waals surface area contributed by atoms with Gasteiger partial charge >= 0.3 is 12.1 Å². The highest BCUT2D eigenvalue weighted by Crippen LogP contribution is 2.31. The number of esters is 1. The number of hydrogen-bond acceptors (Lipinski definition) is 3. The number of carbonyl (C=O) groups is 1. The molecule has 1 fully saturated rings. The molecule has 0 spiro atoms. The van der Waals surface area contributed by atoms with Gasteiger partial charge in [0.2, 0.25) is 0 Å². The van der Waals surface area contributed by atoms with E-state index in [1.807, 2.05) is 0 Å². The van der Waals surface area contributed by atoms with Gasteiger partial charge in [0.1, 0.15) is 5.75 Å². The molecule has 3 nitrogen and oxygen atoms in total. The van der Waals surface area contributed by atoms with E-state index in [9.17, 15) is 18.0 Å². The van der Waals surface area contributed by atoms with Crippen LogP contribution in [0.4, 0.5) is 13.2 Å². The van der Waals surface area contributed by atoms with Crippen molar-refractivity contribution in [1.29, 1.82) is 0 Å². The zero-order chi connectivity index (χ0) is 13.9. The maximum Gasteiger partial charge on any atom is 0.416 e. The fourth-order valence-electron chi connectivity index (χ4n) is 1.99. The van der Waals surface area contributed by atoms with Crippen molar-refractivity contribution in [2.75, 3.05) is 13.1 Å². The fraction of sp³-hybridized carbons (Fsp3) is 0.462. The van der Waals surface area contributed by atoms with Gasteiger partial charge in [0.25, 0.3) is 0 Å². The van der Waals surface area contributed by atoms with Crippen LogP contribution in [-0.4, -0.2) is 19.1 Å². The molecule has 1 saturated heterocycles. The molecule has 1 N–H and O–H groups in total. The van der Waals surface area contributed by atoms with Crippen molar-refractivity contribution in [3.8, 4) is 5.75 Å². The maximum atomic E-state index is 12.5. The zero-order valence-corrected chi connectivity index (χ0v) is 10.2. The van der Waals surface area contributed by atoms with E-state index in [4.69, 9.17) is 4.74 Å².